The minimum atomic E-state index is 0.724. The molecule has 11 heavy (non-hydrogen) atoms. The van der Waals surface area contributed by atoms with Crippen LogP contribution in [0.4, 0.5) is 0 Å². The Morgan fingerprint density at radius 2 is 1.91 bits per heavy atom. The van der Waals surface area contributed by atoms with Gasteiger partial charge < -0.3 is 5.32 Å². The van der Waals surface area contributed by atoms with Crippen molar-refractivity contribution in [1.29, 1.82) is 0 Å². The van der Waals surface area contributed by atoms with Gasteiger partial charge in [-0.05, 0) is 25.8 Å². The van der Waals surface area contributed by atoms with Gasteiger partial charge in [0.05, 0.1) is 0 Å². The first-order valence-electron chi connectivity index (χ1n) is 4.93. The summed E-state index contributed by atoms with van der Waals surface area (Å²) in [5, 5.41) is 3.36. The highest BCUT2D eigenvalue weighted by molar-refractivity contribution is 4.69. The van der Waals surface area contributed by atoms with Gasteiger partial charge in [-0.15, -0.1) is 0 Å². The molecule has 2 atom stereocenters. The van der Waals surface area contributed by atoms with Gasteiger partial charge in [-0.1, -0.05) is 33.6 Å². The Bertz CT molecular complexity index is 76.9. The van der Waals surface area contributed by atoms with Crippen LogP contribution in [0.2, 0.25) is 0 Å². The summed E-state index contributed by atoms with van der Waals surface area (Å²) in [5.41, 5.74) is 0. The zero-order valence-corrected chi connectivity index (χ0v) is 8.48. The van der Waals surface area contributed by atoms with Crippen molar-refractivity contribution in [1.82, 2.24) is 5.32 Å². The molecule has 0 aromatic heterocycles. The molecule has 0 saturated heterocycles. The van der Waals surface area contributed by atoms with Gasteiger partial charge in [-0.25, -0.2) is 0 Å². The first-order chi connectivity index (χ1) is 5.26. The molecule has 1 nitrogen and oxygen atoms in total. The summed E-state index contributed by atoms with van der Waals surface area (Å²) in [4.78, 5) is 0. The van der Waals surface area contributed by atoms with Crippen LogP contribution in [0.5, 0.6) is 0 Å². The van der Waals surface area contributed by atoms with Gasteiger partial charge in [-0.3, -0.25) is 0 Å². The number of rotatable bonds is 6. The van der Waals surface area contributed by atoms with Crippen molar-refractivity contribution in [3.8, 4) is 0 Å². The third-order valence-electron chi connectivity index (χ3n) is 2.51. The fourth-order valence-electron chi connectivity index (χ4n) is 1.62. The highest BCUT2D eigenvalue weighted by Crippen LogP contribution is 2.13. The van der Waals surface area contributed by atoms with E-state index in [0.717, 1.165) is 12.0 Å². The smallest absolute Gasteiger partial charge is 0.00870 e. The minimum absolute atomic E-state index is 0.724. The summed E-state index contributed by atoms with van der Waals surface area (Å²) in [6.07, 6.45) is 5.32. The Morgan fingerprint density at radius 3 is 2.27 bits per heavy atom. The van der Waals surface area contributed by atoms with Crippen molar-refractivity contribution in [2.75, 3.05) is 7.05 Å². The third-order valence-corrected chi connectivity index (χ3v) is 2.51. The summed E-state index contributed by atoms with van der Waals surface area (Å²) in [5.74, 6) is 0.838. The predicted octanol–water partition coefficient (Wildman–Crippen LogP) is 2.81. The predicted molar refractivity (Wildman–Crippen MR) is 51.8 cm³/mol. The van der Waals surface area contributed by atoms with E-state index in [9.17, 15) is 0 Å². The summed E-state index contributed by atoms with van der Waals surface area (Å²) in [6.45, 7) is 6.86. The lowest BCUT2D eigenvalue weighted by atomic mass is 9.94. The van der Waals surface area contributed by atoms with Crippen molar-refractivity contribution >= 4 is 0 Å². The van der Waals surface area contributed by atoms with E-state index in [1.54, 1.807) is 0 Å². The highest BCUT2D eigenvalue weighted by Gasteiger charge is 2.11. The van der Waals surface area contributed by atoms with E-state index in [-0.39, 0.29) is 0 Å². The molecule has 0 unspecified atom stereocenters. The first-order valence-corrected chi connectivity index (χ1v) is 4.93. The van der Waals surface area contributed by atoms with Crippen LogP contribution in [-0.2, 0) is 0 Å². The first kappa shape index (κ1) is 11.0. The molecule has 0 saturated carbocycles. The van der Waals surface area contributed by atoms with Crippen LogP contribution in [0, 0.1) is 5.92 Å². The second-order valence-corrected chi connectivity index (χ2v) is 3.42. The highest BCUT2D eigenvalue weighted by atomic mass is 14.9. The largest absolute Gasteiger partial charge is 0.317 e. The van der Waals surface area contributed by atoms with E-state index in [0.29, 0.717) is 0 Å². The number of unbranched alkanes of at least 4 members (excludes halogenated alkanes) is 1. The number of nitrogens with one attached hydrogen (secondary N) is 1. The van der Waals surface area contributed by atoms with Crippen LogP contribution in [0.3, 0.4) is 0 Å². The second-order valence-electron chi connectivity index (χ2n) is 3.42. The summed E-state index contributed by atoms with van der Waals surface area (Å²) in [6, 6.07) is 0.724. The van der Waals surface area contributed by atoms with E-state index in [1.807, 2.05) is 0 Å². The van der Waals surface area contributed by atoms with E-state index >= 15 is 0 Å². The Morgan fingerprint density at radius 1 is 1.27 bits per heavy atom. The van der Waals surface area contributed by atoms with Gasteiger partial charge >= 0.3 is 0 Å². The van der Waals surface area contributed by atoms with Gasteiger partial charge in [0, 0.05) is 6.04 Å². The molecule has 0 heterocycles. The molecule has 1 heteroatoms. The standard InChI is InChI=1S/C10H23N/c1-5-7-8-9(3)10(6-2)11-4/h9-11H,5-8H2,1-4H3/t9-,10-/m0/s1. The van der Waals surface area contributed by atoms with Crippen LogP contribution in [0.1, 0.15) is 46.5 Å². The molecular formula is C10H23N. The van der Waals surface area contributed by atoms with Crippen LogP contribution in [-0.4, -0.2) is 13.1 Å². The van der Waals surface area contributed by atoms with E-state index < -0.39 is 0 Å². The average molecular weight is 157 g/mol. The lowest BCUT2D eigenvalue weighted by Crippen LogP contribution is -2.31. The fraction of sp³-hybridized carbons (Fsp3) is 1.00. The molecule has 0 spiro atoms. The normalized spacial score (nSPS) is 16.4. The zero-order valence-electron chi connectivity index (χ0n) is 8.48. The zero-order chi connectivity index (χ0) is 8.69. The van der Waals surface area contributed by atoms with Crippen LogP contribution in [0.25, 0.3) is 0 Å². The lowest BCUT2D eigenvalue weighted by Gasteiger charge is -2.21. The molecule has 0 aromatic carbocycles. The summed E-state index contributed by atoms with van der Waals surface area (Å²) >= 11 is 0. The van der Waals surface area contributed by atoms with Gasteiger partial charge in [0.1, 0.15) is 0 Å². The maximum Gasteiger partial charge on any atom is 0.00870 e. The summed E-state index contributed by atoms with van der Waals surface area (Å²) in [7, 11) is 2.07. The average Bonchev–Trinajstić information content (AvgIpc) is 2.03. The number of hydrogen-bond acceptors (Lipinski definition) is 1. The van der Waals surface area contributed by atoms with Crippen LogP contribution >= 0.6 is 0 Å². The van der Waals surface area contributed by atoms with Gasteiger partial charge in [0.2, 0.25) is 0 Å². The van der Waals surface area contributed by atoms with Crippen LogP contribution < -0.4 is 5.32 Å². The Balaban J connectivity index is 3.51. The van der Waals surface area contributed by atoms with E-state index in [2.05, 4.69) is 33.1 Å². The molecule has 0 fully saturated rings. The molecule has 0 aliphatic carbocycles. The molecule has 0 aliphatic heterocycles. The Kier molecular flexibility index (Phi) is 6.63. The SMILES string of the molecule is CCCC[C@H](C)[C@H](CC)NC. The molecule has 0 radical (unpaired) electrons. The van der Waals surface area contributed by atoms with Crippen molar-refractivity contribution in [2.24, 2.45) is 5.92 Å². The topological polar surface area (TPSA) is 12.0 Å². The lowest BCUT2D eigenvalue weighted by molar-refractivity contribution is 0.359. The third kappa shape index (κ3) is 4.41. The minimum Gasteiger partial charge on any atom is -0.317 e. The maximum atomic E-state index is 3.36. The quantitative estimate of drug-likeness (QED) is 0.625. The van der Waals surface area contributed by atoms with E-state index in [4.69, 9.17) is 0 Å². The van der Waals surface area contributed by atoms with Crippen molar-refractivity contribution in [3.63, 3.8) is 0 Å². The summed E-state index contributed by atoms with van der Waals surface area (Å²) < 4.78 is 0. The van der Waals surface area contributed by atoms with Gasteiger partial charge in [0.25, 0.3) is 0 Å². The Hall–Kier alpha value is -0.0400. The maximum absolute atomic E-state index is 3.36. The van der Waals surface area contributed by atoms with Gasteiger partial charge in [0.15, 0.2) is 0 Å². The van der Waals surface area contributed by atoms with Crippen molar-refractivity contribution in [2.45, 2.75) is 52.5 Å². The molecule has 68 valence electrons. The molecule has 0 rings (SSSR count). The monoisotopic (exact) mass is 157 g/mol. The fourth-order valence-corrected chi connectivity index (χ4v) is 1.62. The van der Waals surface area contributed by atoms with Crippen LogP contribution in [0.15, 0.2) is 0 Å². The molecule has 0 bridgehead atoms. The molecule has 1 N–H and O–H groups in total. The molecule has 0 aliphatic rings. The number of hydrogen-bond donors (Lipinski definition) is 1. The molecule has 0 amide bonds. The van der Waals surface area contributed by atoms with E-state index in [1.165, 1.54) is 25.7 Å². The van der Waals surface area contributed by atoms with Crippen molar-refractivity contribution < 1.29 is 0 Å². The molecular weight excluding hydrogens is 134 g/mol. The Labute approximate surface area is 71.6 Å². The second kappa shape index (κ2) is 6.66. The molecule has 0 aromatic rings. The van der Waals surface area contributed by atoms with Gasteiger partial charge in [-0.2, -0.15) is 0 Å². The van der Waals surface area contributed by atoms with Crippen molar-refractivity contribution in [3.05, 3.63) is 0 Å².